The van der Waals surface area contributed by atoms with Gasteiger partial charge in [-0.25, -0.2) is 0 Å². The van der Waals surface area contributed by atoms with Gasteiger partial charge in [-0.05, 0) is 60.7 Å². The number of H-pyrrole nitrogens is 1. The number of carbonyl (C=O) groups excluding carboxylic acids is 1. The van der Waals surface area contributed by atoms with Gasteiger partial charge in [0.1, 0.15) is 5.75 Å². The lowest BCUT2D eigenvalue weighted by atomic mass is 9.79. The van der Waals surface area contributed by atoms with Crippen molar-refractivity contribution >= 4 is 16.8 Å². The Hall–Kier alpha value is -2.86. The summed E-state index contributed by atoms with van der Waals surface area (Å²) >= 11 is 0. The van der Waals surface area contributed by atoms with Crippen molar-refractivity contribution in [2.75, 3.05) is 26.7 Å². The molecule has 2 aromatic heterocycles. The number of benzene rings is 1. The quantitative estimate of drug-likeness (QED) is 0.722. The molecular formula is C23H26N4O2. The van der Waals surface area contributed by atoms with Crippen molar-refractivity contribution in [3.63, 3.8) is 0 Å². The van der Waals surface area contributed by atoms with Gasteiger partial charge in [0.15, 0.2) is 0 Å². The first kappa shape index (κ1) is 18.2. The normalized spacial score (nSPS) is 18.0. The molecule has 0 aliphatic carbocycles. The second kappa shape index (κ2) is 7.19. The monoisotopic (exact) mass is 390 g/mol. The number of rotatable bonds is 3. The fourth-order valence-corrected chi connectivity index (χ4v) is 4.89. The smallest absolute Gasteiger partial charge is 0.226 e. The minimum Gasteiger partial charge on any atom is -0.497 e. The Bertz CT molecular complexity index is 1040. The molecule has 6 heteroatoms. The van der Waals surface area contributed by atoms with E-state index < -0.39 is 0 Å². The maximum atomic E-state index is 12.8. The summed E-state index contributed by atoms with van der Waals surface area (Å²) < 4.78 is 5.43. The highest BCUT2D eigenvalue weighted by molar-refractivity contribution is 5.87. The molecule has 1 aromatic carbocycles. The number of nitrogens with one attached hydrogen (secondary N) is 2. The van der Waals surface area contributed by atoms with Gasteiger partial charge in [0.2, 0.25) is 5.91 Å². The third-order valence-corrected chi connectivity index (χ3v) is 6.50. The number of pyridine rings is 1. The maximum absolute atomic E-state index is 12.8. The van der Waals surface area contributed by atoms with Crippen LogP contribution in [0.4, 0.5) is 0 Å². The number of aromatic amines is 1. The summed E-state index contributed by atoms with van der Waals surface area (Å²) in [7, 11) is 1.71. The van der Waals surface area contributed by atoms with Crippen LogP contribution in [0.15, 0.2) is 42.7 Å². The SMILES string of the molecule is COc1ccc2[nH]c3c(c2c1)CCNC31CCN(C(=O)Cc2ccncc2)CC1. The fraction of sp³-hybridized carbons (Fsp3) is 0.391. The van der Waals surface area contributed by atoms with Crippen molar-refractivity contribution in [3.05, 3.63) is 59.5 Å². The lowest BCUT2D eigenvalue weighted by Crippen LogP contribution is -2.55. The first-order chi connectivity index (χ1) is 14.2. The zero-order chi connectivity index (χ0) is 19.8. The predicted octanol–water partition coefficient (Wildman–Crippen LogP) is 2.78. The highest BCUT2D eigenvalue weighted by Gasteiger charge is 2.42. The van der Waals surface area contributed by atoms with Crippen molar-refractivity contribution in [2.24, 2.45) is 0 Å². The number of aromatic nitrogens is 2. The Morgan fingerprint density at radius 1 is 1.21 bits per heavy atom. The number of methoxy groups -OCH3 is 1. The molecule has 4 heterocycles. The van der Waals surface area contributed by atoms with Crippen LogP contribution in [-0.2, 0) is 23.2 Å². The average molecular weight is 390 g/mol. The Labute approximate surface area is 170 Å². The van der Waals surface area contributed by atoms with E-state index in [1.54, 1.807) is 19.5 Å². The molecule has 150 valence electrons. The van der Waals surface area contributed by atoms with E-state index >= 15 is 0 Å². The molecule has 1 spiro atoms. The molecule has 0 saturated carbocycles. The molecule has 0 radical (unpaired) electrons. The molecule has 2 aliphatic heterocycles. The van der Waals surface area contributed by atoms with E-state index in [9.17, 15) is 4.79 Å². The zero-order valence-electron chi connectivity index (χ0n) is 16.7. The third-order valence-electron chi connectivity index (χ3n) is 6.50. The van der Waals surface area contributed by atoms with Gasteiger partial charge in [0, 0.05) is 48.6 Å². The Balaban J connectivity index is 1.37. The Morgan fingerprint density at radius 2 is 2.00 bits per heavy atom. The van der Waals surface area contributed by atoms with Crippen molar-refractivity contribution in [3.8, 4) is 5.75 Å². The molecule has 1 fully saturated rings. The van der Waals surface area contributed by atoms with E-state index in [-0.39, 0.29) is 11.4 Å². The van der Waals surface area contributed by atoms with Crippen LogP contribution in [0.3, 0.4) is 0 Å². The van der Waals surface area contributed by atoms with Crippen molar-refractivity contribution in [1.29, 1.82) is 0 Å². The molecule has 0 bridgehead atoms. The summed E-state index contributed by atoms with van der Waals surface area (Å²) in [6.45, 7) is 2.51. The number of fused-ring (bicyclic) bond motifs is 4. The van der Waals surface area contributed by atoms with Gasteiger partial charge in [0.25, 0.3) is 0 Å². The van der Waals surface area contributed by atoms with Gasteiger partial charge in [0.05, 0.1) is 19.1 Å². The van der Waals surface area contributed by atoms with E-state index in [0.717, 1.165) is 55.7 Å². The van der Waals surface area contributed by atoms with E-state index in [4.69, 9.17) is 4.74 Å². The lowest BCUT2D eigenvalue weighted by Gasteiger charge is -2.44. The van der Waals surface area contributed by atoms with Gasteiger partial charge in [-0.15, -0.1) is 0 Å². The highest BCUT2D eigenvalue weighted by Crippen LogP contribution is 2.40. The van der Waals surface area contributed by atoms with Gasteiger partial charge >= 0.3 is 0 Å². The second-order valence-electron chi connectivity index (χ2n) is 8.06. The topological polar surface area (TPSA) is 70.2 Å². The van der Waals surface area contributed by atoms with E-state index in [1.807, 2.05) is 23.1 Å². The Kier molecular flexibility index (Phi) is 4.51. The minimum absolute atomic E-state index is 0.0761. The van der Waals surface area contributed by atoms with Crippen molar-refractivity contribution in [2.45, 2.75) is 31.2 Å². The molecule has 6 nitrogen and oxygen atoms in total. The van der Waals surface area contributed by atoms with Crippen LogP contribution in [0.25, 0.3) is 10.9 Å². The largest absolute Gasteiger partial charge is 0.497 e. The van der Waals surface area contributed by atoms with Gasteiger partial charge < -0.3 is 19.9 Å². The summed E-state index contributed by atoms with van der Waals surface area (Å²) in [6.07, 6.45) is 6.78. The van der Waals surface area contributed by atoms with Crippen LogP contribution in [0, 0.1) is 0 Å². The predicted molar refractivity (Wildman–Crippen MR) is 112 cm³/mol. The summed E-state index contributed by atoms with van der Waals surface area (Å²) in [5, 5.41) is 5.04. The third kappa shape index (κ3) is 3.17. The molecule has 2 aliphatic rings. The first-order valence-electron chi connectivity index (χ1n) is 10.3. The molecular weight excluding hydrogens is 364 g/mol. The van der Waals surface area contributed by atoms with Crippen LogP contribution in [-0.4, -0.2) is 47.5 Å². The standard InChI is InChI=1S/C23H26N4O2/c1-29-17-2-3-20-19(15-17)18-6-11-25-23(22(18)26-20)7-12-27(13-8-23)21(28)14-16-4-9-24-10-5-16/h2-5,9-10,15,25-26H,6-8,11-14H2,1H3. The average Bonchev–Trinajstić information content (AvgIpc) is 3.14. The second-order valence-corrected chi connectivity index (χ2v) is 8.06. The molecule has 29 heavy (non-hydrogen) atoms. The number of likely N-dealkylation sites (tertiary alicyclic amines) is 1. The Morgan fingerprint density at radius 3 is 2.76 bits per heavy atom. The van der Waals surface area contributed by atoms with Gasteiger partial charge in [-0.1, -0.05) is 0 Å². The van der Waals surface area contributed by atoms with Crippen LogP contribution >= 0.6 is 0 Å². The van der Waals surface area contributed by atoms with Crippen LogP contribution in [0.2, 0.25) is 0 Å². The van der Waals surface area contributed by atoms with Crippen LogP contribution in [0.5, 0.6) is 5.75 Å². The van der Waals surface area contributed by atoms with E-state index in [1.165, 1.54) is 16.6 Å². The summed E-state index contributed by atoms with van der Waals surface area (Å²) in [4.78, 5) is 22.5. The maximum Gasteiger partial charge on any atom is 0.226 e. The highest BCUT2D eigenvalue weighted by atomic mass is 16.5. The molecule has 2 N–H and O–H groups in total. The molecule has 0 atom stereocenters. The number of hydrogen-bond donors (Lipinski definition) is 2. The number of hydrogen-bond acceptors (Lipinski definition) is 4. The summed E-state index contributed by atoms with van der Waals surface area (Å²) in [6, 6.07) is 10.1. The summed E-state index contributed by atoms with van der Waals surface area (Å²) in [5.74, 6) is 1.09. The molecule has 0 unspecified atom stereocenters. The zero-order valence-corrected chi connectivity index (χ0v) is 16.7. The summed E-state index contributed by atoms with van der Waals surface area (Å²) in [5.41, 5.74) is 4.80. The number of carbonyl (C=O) groups is 1. The first-order valence-corrected chi connectivity index (χ1v) is 10.3. The number of amides is 1. The number of nitrogens with zero attached hydrogens (tertiary/aromatic N) is 2. The fourth-order valence-electron chi connectivity index (χ4n) is 4.89. The van der Waals surface area contributed by atoms with Crippen molar-refractivity contribution < 1.29 is 9.53 Å². The molecule has 1 saturated heterocycles. The number of piperidine rings is 1. The van der Waals surface area contributed by atoms with Gasteiger partial charge in [-0.2, -0.15) is 0 Å². The molecule has 1 amide bonds. The van der Waals surface area contributed by atoms with Crippen LogP contribution in [0.1, 0.15) is 29.7 Å². The van der Waals surface area contributed by atoms with Crippen molar-refractivity contribution in [1.82, 2.24) is 20.2 Å². The lowest BCUT2D eigenvalue weighted by molar-refractivity contribution is -0.132. The molecule has 5 rings (SSSR count). The minimum atomic E-state index is -0.0761. The molecule has 3 aromatic rings. The van der Waals surface area contributed by atoms with E-state index in [2.05, 4.69) is 27.4 Å². The van der Waals surface area contributed by atoms with E-state index in [0.29, 0.717) is 6.42 Å². The van der Waals surface area contributed by atoms with Crippen LogP contribution < -0.4 is 10.1 Å². The number of ether oxygens (including phenoxy) is 1. The van der Waals surface area contributed by atoms with Gasteiger partial charge in [-0.3, -0.25) is 9.78 Å².